The van der Waals surface area contributed by atoms with Crippen LogP contribution in [-0.4, -0.2) is 83.2 Å². The second kappa shape index (κ2) is 14.9. The Morgan fingerprint density at radius 1 is 1.02 bits per heavy atom. The first-order valence-corrected chi connectivity index (χ1v) is 15.9. The average Bonchev–Trinajstić information content (AvgIpc) is 3.28. The van der Waals surface area contributed by atoms with Gasteiger partial charge in [0.25, 0.3) is 5.91 Å². The molecule has 2 aliphatic rings. The summed E-state index contributed by atoms with van der Waals surface area (Å²) in [6.07, 6.45) is 2.52. The number of rotatable bonds is 12. The molecule has 3 aromatic carbocycles. The summed E-state index contributed by atoms with van der Waals surface area (Å²) < 4.78 is 18.0. The molecule has 0 unspecified atom stereocenters. The van der Waals surface area contributed by atoms with Gasteiger partial charge in [-0.1, -0.05) is 54.3 Å². The minimum Gasteiger partial charge on any atom is -0.492 e. The van der Waals surface area contributed by atoms with Gasteiger partial charge < -0.3 is 19.3 Å². The fourth-order valence-corrected chi connectivity index (χ4v) is 6.27. The van der Waals surface area contributed by atoms with Crippen molar-refractivity contribution in [1.82, 2.24) is 9.80 Å². The molecule has 0 radical (unpaired) electrons. The number of benzene rings is 3. The molecule has 10 heteroatoms. The van der Waals surface area contributed by atoms with E-state index in [1.54, 1.807) is 29.2 Å². The van der Waals surface area contributed by atoms with Crippen molar-refractivity contribution in [2.24, 2.45) is 0 Å². The molecule has 1 N–H and O–H groups in total. The Morgan fingerprint density at radius 2 is 1.73 bits per heavy atom. The quantitative estimate of drug-likeness (QED) is 0.191. The molecule has 0 aromatic heterocycles. The van der Waals surface area contributed by atoms with Crippen LogP contribution in [0.15, 0.2) is 71.6 Å². The number of carboxylic acids is 1. The minimum atomic E-state index is -0.968. The van der Waals surface area contributed by atoms with Gasteiger partial charge in [-0.05, 0) is 79.4 Å². The Morgan fingerprint density at radius 3 is 2.41 bits per heavy atom. The zero-order chi connectivity index (χ0) is 31.1. The number of morpholine rings is 1. The second-order valence-corrected chi connectivity index (χ2v) is 12.5. The first kappa shape index (κ1) is 31.7. The summed E-state index contributed by atoms with van der Waals surface area (Å²) in [6.45, 7) is 8.95. The van der Waals surface area contributed by atoms with E-state index in [1.807, 2.05) is 62.4 Å². The third-order valence-electron chi connectivity index (χ3n) is 7.32. The summed E-state index contributed by atoms with van der Waals surface area (Å²) in [4.78, 5) is 29.1. The molecular formula is C34H36N2O6S2. The van der Waals surface area contributed by atoms with Crippen LogP contribution in [0.3, 0.4) is 0 Å². The number of carbonyl (C=O) groups excluding carboxylic acids is 1. The smallest absolute Gasteiger partial charge is 0.335 e. The first-order chi connectivity index (χ1) is 21.3. The predicted molar refractivity (Wildman–Crippen MR) is 177 cm³/mol. The van der Waals surface area contributed by atoms with Crippen LogP contribution in [0, 0.1) is 0 Å². The van der Waals surface area contributed by atoms with Crippen LogP contribution in [-0.2, 0) is 16.0 Å². The van der Waals surface area contributed by atoms with Crippen LogP contribution < -0.4 is 9.47 Å². The highest BCUT2D eigenvalue weighted by Crippen LogP contribution is 2.36. The summed E-state index contributed by atoms with van der Waals surface area (Å²) in [5, 5.41) is 9.15. The molecule has 0 aliphatic carbocycles. The van der Waals surface area contributed by atoms with Gasteiger partial charge in [0.1, 0.15) is 22.4 Å². The van der Waals surface area contributed by atoms with Crippen molar-refractivity contribution in [3.05, 3.63) is 88.3 Å². The van der Waals surface area contributed by atoms with Crippen molar-refractivity contribution >= 4 is 46.3 Å². The average molecular weight is 633 g/mol. The van der Waals surface area contributed by atoms with E-state index in [1.165, 1.54) is 11.8 Å². The number of carboxylic acid groups (broad SMARTS) is 1. The zero-order valence-corrected chi connectivity index (χ0v) is 26.5. The van der Waals surface area contributed by atoms with E-state index >= 15 is 0 Å². The van der Waals surface area contributed by atoms with Gasteiger partial charge in [0, 0.05) is 31.7 Å². The molecule has 230 valence electrons. The summed E-state index contributed by atoms with van der Waals surface area (Å²) in [6, 6.07) is 20.7. The molecule has 0 spiro atoms. The maximum atomic E-state index is 13.5. The van der Waals surface area contributed by atoms with Crippen molar-refractivity contribution in [2.75, 3.05) is 46.0 Å². The number of aromatic carboxylic acids is 1. The van der Waals surface area contributed by atoms with Crippen LogP contribution in [0.25, 0.3) is 17.2 Å². The minimum absolute atomic E-state index is 0.0950. The molecule has 2 fully saturated rings. The van der Waals surface area contributed by atoms with E-state index in [9.17, 15) is 9.59 Å². The van der Waals surface area contributed by atoms with Gasteiger partial charge in [-0.2, -0.15) is 0 Å². The molecule has 5 rings (SSSR count). The molecule has 0 bridgehead atoms. The maximum Gasteiger partial charge on any atom is 0.335 e. The molecule has 0 atom stereocenters. The Kier molecular flexibility index (Phi) is 10.7. The van der Waals surface area contributed by atoms with Crippen LogP contribution in [0.5, 0.6) is 11.5 Å². The van der Waals surface area contributed by atoms with Gasteiger partial charge in [0.05, 0.1) is 29.8 Å². The Hall–Kier alpha value is -3.70. The fraction of sp³-hybridized carbons (Fsp3) is 0.324. The normalized spacial score (nSPS) is 16.6. The van der Waals surface area contributed by atoms with Crippen molar-refractivity contribution < 1.29 is 28.9 Å². The summed E-state index contributed by atoms with van der Waals surface area (Å²) >= 11 is 6.87. The van der Waals surface area contributed by atoms with E-state index in [2.05, 4.69) is 4.90 Å². The third kappa shape index (κ3) is 8.26. The van der Waals surface area contributed by atoms with Gasteiger partial charge in [0.2, 0.25) is 0 Å². The lowest BCUT2D eigenvalue weighted by Gasteiger charge is -2.26. The Bertz CT molecular complexity index is 1520. The second-order valence-electron chi connectivity index (χ2n) is 10.8. The van der Waals surface area contributed by atoms with Crippen LogP contribution in [0.1, 0.15) is 35.3 Å². The highest BCUT2D eigenvalue weighted by atomic mass is 32.2. The molecule has 2 heterocycles. The van der Waals surface area contributed by atoms with Gasteiger partial charge in [-0.15, -0.1) is 0 Å². The zero-order valence-electron chi connectivity index (χ0n) is 24.9. The number of nitrogens with zero attached hydrogens (tertiary/aromatic N) is 2. The Balaban J connectivity index is 1.34. The first-order valence-electron chi connectivity index (χ1n) is 14.7. The highest BCUT2D eigenvalue weighted by molar-refractivity contribution is 8.26. The number of thioether (sulfide) groups is 1. The van der Waals surface area contributed by atoms with Crippen molar-refractivity contribution in [2.45, 2.75) is 26.4 Å². The van der Waals surface area contributed by atoms with Crippen LogP contribution >= 0.6 is 24.0 Å². The lowest BCUT2D eigenvalue weighted by molar-refractivity contribution is -0.122. The van der Waals surface area contributed by atoms with Crippen LogP contribution in [0.4, 0.5) is 0 Å². The number of amides is 1. The number of thiocarbonyl (C=S) groups is 1. The molecule has 0 saturated carbocycles. The largest absolute Gasteiger partial charge is 0.492 e. The lowest BCUT2D eigenvalue weighted by Crippen LogP contribution is -2.38. The van der Waals surface area contributed by atoms with Gasteiger partial charge in [0.15, 0.2) is 0 Å². The number of hydrogen-bond donors (Lipinski definition) is 1. The molecule has 44 heavy (non-hydrogen) atoms. The van der Waals surface area contributed by atoms with Crippen molar-refractivity contribution in [3.8, 4) is 22.6 Å². The fourth-order valence-electron chi connectivity index (χ4n) is 4.97. The summed E-state index contributed by atoms with van der Waals surface area (Å²) in [5.74, 6) is 0.394. The predicted octanol–water partition coefficient (Wildman–Crippen LogP) is 5.99. The molecule has 2 aliphatic heterocycles. The Labute approximate surface area is 267 Å². The van der Waals surface area contributed by atoms with E-state index in [-0.39, 0.29) is 17.6 Å². The molecule has 2 saturated heterocycles. The van der Waals surface area contributed by atoms with Gasteiger partial charge in [-0.25, -0.2) is 4.79 Å². The van der Waals surface area contributed by atoms with Crippen molar-refractivity contribution in [3.63, 3.8) is 0 Å². The van der Waals surface area contributed by atoms with E-state index in [0.29, 0.717) is 34.5 Å². The van der Waals surface area contributed by atoms with Gasteiger partial charge in [-0.3, -0.25) is 14.6 Å². The molecule has 3 aromatic rings. The topological polar surface area (TPSA) is 88.5 Å². The standard InChI is InChI=1S/C34H36N2O6S2/c1-23(2)42-29-10-7-25(8-11-29)27-9-12-30(41-20-17-35-15-18-40-19-16-35)28(21-27)22-31-32(37)36(34(43)44-31)14-13-24-3-5-26(6-4-24)33(38)39/h3-12,21-23H,13-20H2,1-2H3,(H,38,39). The molecule has 8 nitrogen and oxygen atoms in total. The third-order valence-corrected chi connectivity index (χ3v) is 8.70. The number of carbonyl (C=O) groups is 2. The summed E-state index contributed by atoms with van der Waals surface area (Å²) in [7, 11) is 0. The molecule has 1 amide bonds. The SMILES string of the molecule is CC(C)Oc1ccc(-c2ccc(OCCN3CCOCC3)c(C=C3SC(=S)N(CCc4ccc(C(=O)O)cc4)C3=O)c2)cc1. The van der Waals surface area contributed by atoms with Crippen LogP contribution in [0.2, 0.25) is 0 Å². The van der Waals surface area contributed by atoms with E-state index in [4.69, 9.17) is 31.5 Å². The van der Waals surface area contributed by atoms with E-state index < -0.39 is 5.97 Å². The maximum absolute atomic E-state index is 13.5. The number of ether oxygens (including phenoxy) is 3. The monoisotopic (exact) mass is 632 g/mol. The van der Waals surface area contributed by atoms with Gasteiger partial charge >= 0.3 is 5.97 Å². The summed E-state index contributed by atoms with van der Waals surface area (Å²) in [5.41, 5.74) is 3.98. The molecular weight excluding hydrogens is 597 g/mol. The highest BCUT2D eigenvalue weighted by Gasteiger charge is 2.32. The number of hydrogen-bond acceptors (Lipinski definition) is 8. The lowest BCUT2D eigenvalue weighted by atomic mass is 10.0. The van der Waals surface area contributed by atoms with Crippen molar-refractivity contribution in [1.29, 1.82) is 0 Å². The van der Waals surface area contributed by atoms with E-state index in [0.717, 1.165) is 60.9 Å².